The molecule has 150 valence electrons. The zero-order valence-corrected chi connectivity index (χ0v) is 16.4. The van der Waals surface area contributed by atoms with Crippen LogP contribution >= 0.6 is 11.6 Å². The minimum atomic E-state index is -3.67. The Kier molecular flexibility index (Phi) is 6.48. The van der Waals surface area contributed by atoms with Gasteiger partial charge in [-0.05, 0) is 49.6 Å². The summed E-state index contributed by atoms with van der Waals surface area (Å²) in [7, 11) is -3.67. The van der Waals surface area contributed by atoms with Crippen LogP contribution in [0.2, 0.25) is 5.02 Å². The molecule has 1 aromatic carbocycles. The van der Waals surface area contributed by atoms with Gasteiger partial charge in [-0.2, -0.15) is 0 Å². The minimum absolute atomic E-state index is 0.0283. The van der Waals surface area contributed by atoms with Crippen molar-refractivity contribution in [3.05, 3.63) is 52.9 Å². The standard InChI is InChI=1S/C18H19ClFN3O4S/c19-15-10-13(4-5-16(15)20)22-18(24)12-6-7-21-17(9-12)23-28(25,26)11-14-3-1-2-8-27-14/h4-7,9-10,14H,1-3,8,11H2,(H,21,23)(H,22,24). The fourth-order valence-electron chi connectivity index (χ4n) is 2.79. The highest BCUT2D eigenvalue weighted by Crippen LogP contribution is 2.20. The fraction of sp³-hybridized carbons (Fsp3) is 0.333. The molecule has 1 aliphatic rings. The SMILES string of the molecule is O=C(Nc1ccc(F)c(Cl)c1)c1ccnc(NS(=O)(=O)CC2CCCCO2)c1. The largest absolute Gasteiger partial charge is 0.377 e. The van der Waals surface area contributed by atoms with Crippen molar-refractivity contribution >= 4 is 39.0 Å². The van der Waals surface area contributed by atoms with Gasteiger partial charge in [0.2, 0.25) is 10.0 Å². The molecule has 0 spiro atoms. The van der Waals surface area contributed by atoms with Gasteiger partial charge in [0.05, 0.1) is 16.9 Å². The number of pyridine rings is 1. The predicted octanol–water partition coefficient (Wildman–Crippen LogP) is 3.44. The highest BCUT2D eigenvalue weighted by Gasteiger charge is 2.22. The number of carbonyl (C=O) groups is 1. The average Bonchev–Trinajstić information content (AvgIpc) is 2.65. The minimum Gasteiger partial charge on any atom is -0.377 e. The maximum Gasteiger partial charge on any atom is 0.255 e. The Morgan fingerprint density at radius 1 is 1.29 bits per heavy atom. The summed E-state index contributed by atoms with van der Waals surface area (Å²) in [5.41, 5.74) is 0.492. The number of ether oxygens (including phenoxy) is 1. The van der Waals surface area contributed by atoms with Crippen LogP contribution in [0.4, 0.5) is 15.9 Å². The molecule has 1 amide bonds. The molecule has 1 aliphatic heterocycles. The summed E-state index contributed by atoms with van der Waals surface area (Å²) in [6, 6.07) is 6.54. The van der Waals surface area contributed by atoms with Gasteiger partial charge in [0, 0.05) is 24.1 Å². The first-order valence-electron chi connectivity index (χ1n) is 8.67. The van der Waals surface area contributed by atoms with E-state index in [2.05, 4.69) is 15.0 Å². The number of benzene rings is 1. The van der Waals surface area contributed by atoms with Crippen molar-refractivity contribution in [2.24, 2.45) is 0 Å². The number of anilines is 2. The zero-order chi connectivity index (χ0) is 20.1. The van der Waals surface area contributed by atoms with Gasteiger partial charge < -0.3 is 10.1 Å². The first-order valence-corrected chi connectivity index (χ1v) is 10.7. The number of hydrogen-bond acceptors (Lipinski definition) is 5. The van der Waals surface area contributed by atoms with Gasteiger partial charge >= 0.3 is 0 Å². The lowest BCUT2D eigenvalue weighted by atomic mass is 10.1. The molecule has 1 fully saturated rings. The summed E-state index contributed by atoms with van der Waals surface area (Å²) in [4.78, 5) is 16.3. The van der Waals surface area contributed by atoms with Gasteiger partial charge in [-0.15, -0.1) is 0 Å². The van der Waals surface area contributed by atoms with E-state index in [1.54, 1.807) is 0 Å². The van der Waals surface area contributed by atoms with Gasteiger partial charge in [0.15, 0.2) is 0 Å². The van der Waals surface area contributed by atoms with Crippen molar-refractivity contribution in [2.45, 2.75) is 25.4 Å². The lowest BCUT2D eigenvalue weighted by Gasteiger charge is -2.22. The monoisotopic (exact) mass is 427 g/mol. The molecule has 7 nitrogen and oxygen atoms in total. The van der Waals surface area contributed by atoms with E-state index < -0.39 is 21.7 Å². The maximum absolute atomic E-state index is 13.2. The Hall–Kier alpha value is -2.23. The van der Waals surface area contributed by atoms with Crippen molar-refractivity contribution in [3.63, 3.8) is 0 Å². The number of nitrogens with zero attached hydrogens (tertiary/aromatic N) is 1. The van der Waals surface area contributed by atoms with Crippen molar-refractivity contribution < 1.29 is 22.3 Å². The normalized spacial score (nSPS) is 17.1. The quantitative estimate of drug-likeness (QED) is 0.736. The molecule has 3 rings (SSSR count). The number of aromatic nitrogens is 1. The van der Waals surface area contributed by atoms with Crippen molar-refractivity contribution in [1.29, 1.82) is 0 Å². The second kappa shape index (κ2) is 8.85. The van der Waals surface area contributed by atoms with Gasteiger partial charge in [-0.25, -0.2) is 17.8 Å². The molecule has 0 saturated carbocycles. The van der Waals surface area contributed by atoms with E-state index in [0.29, 0.717) is 18.7 Å². The molecule has 2 heterocycles. The van der Waals surface area contributed by atoms with E-state index in [0.717, 1.165) is 18.9 Å². The van der Waals surface area contributed by atoms with Crippen LogP contribution < -0.4 is 10.0 Å². The van der Waals surface area contributed by atoms with Crippen molar-refractivity contribution in [1.82, 2.24) is 4.98 Å². The predicted molar refractivity (Wildman–Crippen MR) is 105 cm³/mol. The molecule has 2 aromatic rings. The van der Waals surface area contributed by atoms with E-state index >= 15 is 0 Å². The Morgan fingerprint density at radius 2 is 2.11 bits per heavy atom. The number of carbonyl (C=O) groups excluding carboxylic acids is 1. The molecular weight excluding hydrogens is 409 g/mol. The van der Waals surface area contributed by atoms with E-state index in [1.807, 2.05) is 0 Å². The first-order chi connectivity index (χ1) is 13.3. The second-order valence-corrected chi connectivity index (χ2v) is 8.56. The van der Waals surface area contributed by atoms with E-state index in [4.69, 9.17) is 16.3 Å². The van der Waals surface area contributed by atoms with Gasteiger partial charge in [-0.3, -0.25) is 9.52 Å². The van der Waals surface area contributed by atoms with E-state index in [-0.39, 0.29) is 28.3 Å². The smallest absolute Gasteiger partial charge is 0.255 e. The Balaban J connectivity index is 1.67. The zero-order valence-electron chi connectivity index (χ0n) is 14.8. The Bertz CT molecular complexity index is 965. The second-order valence-electron chi connectivity index (χ2n) is 6.38. The molecule has 1 saturated heterocycles. The highest BCUT2D eigenvalue weighted by molar-refractivity contribution is 7.92. The summed E-state index contributed by atoms with van der Waals surface area (Å²) in [6.45, 7) is 0.557. The topological polar surface area (TPSA) is 97.4 Å². The molecule has 0 radical (unpaired) electrons. The van der Waals surface area contributed by atoms with Crippen LogP contribution in [0.15, 0.2) is 36.5 Å². The molecule has 1 unspecified atom stereocenters. The summed E-state index contributed by atoms with van der Waals surface area (Å²) in [6.07, 6.45) is 3.53. The number of amides is 1. The van der Waals surface area contributed by atoms with Crippen LogP contribution in [0.25, 0.3) is 0 Å². The lowest BCUT2D eigenvalue weighted by Crippen LogP contribution is -2.31. The van der Waals surface area contributed by atoms with Crippen LogP contribution in [-0.2, 0) is 14.8 Å². The summed E-state index contributed by atoms with van der Waals surface area (Å²) in [5.74, 6) is -1.25. The van der Waals surface area contributed by atoms with Crippen LogP contribution in [0, 0.1) is 5.82 Å². The van der Waals surface area contributed by atoms with Crippen LogP contribution in [0.3, 0.4) is 0 Å². The van der Waals surface area contributed by atoms with E-state index in [9.17, 15) is 17.6 Å². The number of hydrogen-bond donors (Lipinski definition) is 2. The molecule has 0 bridgehead atoms. The molecule has 10 heteroatoms. The number of nitrogens with one attached hydrogen (secondary N) is 2. The highest BCUT2D eigenvalue weighted by atomic mass is 35.5. The molecule has 2 N–H and O–H groups in total. The Morgan fingerprint density at radius 3 is 2.82 bits per heavy atom. The van der Waals surface area contributed by atoms with Gasteiger partial charge in [-0.1, -0.05) is 11.6 Å². The summed E-state index contributed by atoms with van der Waals surface area (Å²) in [5, 5.41) is 2.45. The van der Waals surface area contributed by atoms with Gasteiger partial charge in [0.25, 0.3) is 5.91 Å². The summed E-state index contributed by atoms with van der Waals surface area (Å²) >= 11 is 5.70. The molecule has 0 aliphatic carbocycles. The third-order valence-electron chi connectivity index (χ3n) is 4.14. The third kappa shape index (κ3) is 5.63. The molecule has 28 heavy (non-hydrogen) atoms. The van der Waals surface area contributed by atoms with Gasteiger partial charge in [0.1, 0.15) is 11.6 Å². The number of sulfonamides is 1. The summed E-state index contributed by atoms with van der Waals surface area (Å²) < 4.78 is 45.7. The lowest BCUT2D eigenvalue weighted by molar-refractivity contribution is 0.0306. The fourth-order valence-corrected chi connectivity index (χ4v) is 4.24. The Labute approximate surface area is 167 Å². The molecular formula is C18H19ClFN3O4S. The number of rotatable bonds is 6. The van der Waals surface area contributed by atoms with Crippen molar-refractivity contribution in [2.75, 3.05) is 22.4 Å². The molecule has 1 aromatic heterocycles. The van der Waals surface area contributed by atoms with Crippen LogP contribution in [0.5, 0.6) is 0 Å². The maximum atomic E-state index is 13.2. The average molecular weight is 428 g/mol. The third-order valence-corrected chi connectivity index (χ3v) is 5.76. The molecule has 1 atom stereocenters. The first kappa shape index (κ1) is 20.5. The van der Waals surface area contributed by atoms with Crippen LogP contribution in [-0.4, -0.2) is 37.8 Å². The van der Waals surface area contributed by atoms with Crippen LogP contribution in [0.1, 0.15) is 29.6 Å². The van der Waals surface area contributed by atoms with Crippen molar-refractivity contribution in [3.8, 4) is 0 Å². The van der Waals surface area contributed by atoms with E-state index in [1.165, 1.54) is 30.5 Å². The number of halogens is 2.